The molecule has 186 valence electrons. The fraction of sp³-hybridized carbons (Fsp3) is 0. The molecule has 0 aliphatic carbocycles. The molecule has 2 heterocycles. The zero-order chi connectivity index (χ0) is 26.5. The summed E-state index contributed by atoms with van der Waals surface area (Å²) < 4.78 is 0. The third kappa shape index (κ3) is 3.81. The number of hydrogen-bond donors (Lipinski definition) is 0. The Bertz CT molecular complexity index is 2210. The van der Waals surface area contributed by atoms with Crippen LogP contribution >= 0.6 is 0 Å². The third-order valence-corrected chi connectivity index (χ3v) is 7.87. The average Bonchev–Trinajstić information content (AvgIpc) is 3.04. The van der Waals surface area contributed by atoms with E-state index >= 15 is 0 Å². The molecule has 0 bridgehead atoms. The lowest BCUT2D eigenvalue weighted by Crippen LogP contribution is -1.92. The maximum atomic E-state index is 5.25. The van der Waals surface area contributed by atoms with Crippen LogP contribution in [-0.2, 0) is 0 Å². The van der Waals surface area contributed by atoms with Crippen LogP contribution in [0.5, 0.6) is 0 Å². The van der Waals surface area contributed by atoms with Crippen molar-refractivity contribution >= 4 is 43.4 Å². The fourth-order valence-corrected chi connectivity index (χ4v) is 5.77. The molecule has 0 saturated carbocycles. The Morgan fingerprint density at radius 1 is 0.400 bits per heavy atom. The fourth-order valence-electron chi connectivity index (χ4n) is 5.77. The first kappa shape index (κ1) is 22.6. The van der Waals surface area contributed by atoms with E-state index in [9.17, 15) is 0 Å². The van der Waals surface area contributed by atoms with Crippen LogP contribution in [0.1, 0.15) is 0 Å². The molecule has 0 aliphatic rings. The smallest absolute Gasteiger partial charge is 0.0794 e. The zero-order valence-corrected chi connectivity index (χ0v) is 21.8. The van der Waals surface area contributed by atoms with Gasteiger partial charge in [0.1, 0.15) is 0 Å². The molecule has 6 aromatic carbocycles. The molecule has 0 radical (unpaired) electrons. The van der Waals surface area contributed by atoms with Gasteiger partial charge < -0.3 is 0 Å². The number of benzene rings is 6. The Morgan fingerprint density at radius 2 is 1.05 bits per heavy atom. The molecule has 2 heteroatoms. The molecule has 40 heavy (non-hydrogen) atoms. The van der Waals surface area contributed by atoms with Gasteiger partial charge in [-0.3, -0.25) is 4.98 Å². The van der Waals surface area contributed by atoms with E-state index in [1.807, 2.05) is 18.3 Å². The van der Waals surface area contributed by atoms with Gasteiger partial charge in [0, 0.05) is 33.5 Å². The van der Waals surface area contributed by atoms with E-state index in [0.717, 1.165) is 44.2 Å². The van der Waals surface area contributed by atoms with E-state index in [2.05, 4.69) is 132 Å². The first-order valence-electron chi connectivity index (χ1n) is 13.6. The first-order valence-corrected chi connectivity index (χ1v) is 13.6. The van der Waals surface area contributed by atoms with Gasteiger partial charge in [-0.25, -0.2) is 4.98 Å². The van der Waals surface area contributed by atoms with Gasteiger partial charge in [0.25, 0.3) is 0 Å². The number of fused-ring (bicyclic) bond motifs is 5. The van der Waals surface area contributed by atoms with E-state index < -0.39 is 0 Å². The Hall–Kier alpha value is -5.34. The zero-order valence-electron chi connectivity index (χ0n) is 21.8. The van der Waals surface area contributed by atoms with Crippen LogP contribution in [0.3, 0.4) is 0 Å². The van der Waals surface area contributed by atoms with E-state index in [4.69, 9.17) is 4.98 Å². The van der Waals surface area contributed by atoms with Crippen molar-refractivity contribution in [1.29, 1.82) is 0 Å². The molecule has 2 nitrogen and oxygen atoms in total. The van der Waals surface area contributed by atoms with Crippen molar-refractivity contribution < 1.29 is 0 Å². The van der Waals surface area contributed by atoms with Gasteiger partial charge >= 0.3 is 0 Å². The molecule has 0 unspecified atom stereocenters. The lowest BCUT2D eigenvalue weighted by atomic mass is 9.94. The summed E-state index contributed by atoms with van der Waals surface area (Å²) in [5.41, 5.74) is 8.74. The molecule has 0 spiro atoms. The molecule has 8 rings (SSSR count). The SMILES string of the molecule is c1ccc2cc(-c3cc(-c4ccc(-c5cnc6ccccc6c5)cc4)nc4c3ccc3ccccc34)ccc2c1. The molecular weight excluding hydrogens is 484 g/mol. The quantitative estimate of drug-likeness (QED) is 0.222. The largest absolute Gasteiger partial charge is 0.256 e. The normalized spacial score (nSPS) is 11.5. The predicted molar refractivity (Wildman–Crippen MR) is 168 cm³/mol. The Kier molecular flexibility index (Phi) is 5.17. The lowest BCUT2D eigenvalue weighted by molar-refractivity contribution is 1.40. The van der Waals surface area contributed by atoms with E-state index in [1.165, 1.54) is 32.7 Å². The van der Waals surface area contributed by atoms with Crippen molar-refractivity contribution in [2.24, 2.45) is 0 Å². The van der Waals surface area contributed by atoms with Gasteiger partial charge in [0.05, 0.1) is 16.7 Å². The summed E-state index contributed by atoms with van der Waals surface area (Å²) in [6, 6.07) is 49.6. The standard InChI is InChI=1S/C38H24N2/c1-2-9-29-21-30(18-15-25(29)7-1)35-23-37(40-38-33-11-5-3-8-27(33)19-20-34(35)38)28-16-13-26(14-17-28)32-22-31-10-4-6-12-36(31)39-24-32/h1-24H. The maximum absolute atomic E-state index is 5.25. The summed E-state index contributed by atoms with van der Waals surface area (Å²) in [5.74, 6) is 0. The number of hydrogen-bond acceptors (Lipinski definition) is 2. The summed E-state index contributed by atoms with van der Waals surface area (Å²) in [6.07, 6.45) is 1.95. The second-order valence-corrected chi connectivity index (χ2v) is 10.3. The van der Waals surface area contributed by atoms with Crippen molar-refractivity contribution in [2.45, 2.75) is 0 Å². The van der Waals surface area contributed by atoms with Gasteiger partial charge in [0.2, 0.25) is 0 Å². The highest BCUT2D eigenvalue weighted by molar-refractivity contribution is 6.11. The molecule has 0 aliphatic heterocycles. The molecule has 0 atom stereocenters. The second kappa shape index (κ2) is 9.14. The number of para-hydroxylation sites is 1. The van der Waals surface area contributed by atoms with Crippen LogP contribution < -0.4 is 0 Å². The van der Waals surface area contributed by atoms with Gasteiger partial charge in [-0.2, -0.15) is 0 Å². The summed E-state index contributed by atoms with van der Waals surface area (Å²) in [6.45, 7) is 0. The van der Waals surface area contributed by atoms with Gasteiger partial charge in [-0.15, -0.1) is 0 Å². The van der Waals surface area contributed by atoms with E-state index in [1.54, 1.807) is 0 Å². The molecule has 0 saturated heterocycles. The average molecular weight is 509 g/mol. The highest BCUT2D eigenvalue weighted by atomic mass is 14.7. The minimum Gasteiger partial charge on any atom is -0.256 e. The highest BCUT2D eigenvalue weighted by Crippen LogP contribution is 2.37. The molecule has 0 fully saturated rings. The topological polar surface area (TPSA) is 25.8 Å². The van der Waals surface area contributed by atoms with Crippen LogP contribution in [0.15, 0.2) is 146 Å². The minimum atomic E-state index is 0.968. The Morgan fingerprint density at radius 3 is 1.93 bits per heavy atom. The molecule has 0 amide bonds. The first-order chi connectivity index (χ1) is 19.8. The van der Waals surface area contributed by atoms with Crippen molar-refractivity contribution in [1.82, 2.24) is 9.97 Å². The maximum Gasteiger partial charge on any atom is 0.0794 e. The van der Waals surface area contributed by atoms with Gasteiger partial charge in [0.15, 0.2) is 0 Å². The lowest BCUT2D eigenvalue weighted by Gasteiger charge is -2.13. The van der Waals surface area contributed by atoms with Gasteiger partial charge in [-0.1, -0.05) is 115 Å². The van der Waals surface area contributed by atoms with Crippen molar-refractivity contribution in [2.75, 3.05) is 0 Å². The molecule has 0 N–H and O–H groups in total. The van der Waals surface area contributed by atoms with Crippen molar-refractivity contribution in [3.63, 3.8) is 0 Å². The number of aromatic nitrogens is 2. The number of nitrogens with zero attached hydrogens (tertiary/aromatic N) is 2. The Balaban J connectivity index is 1.30. The Labute approximate surface area is 232 Å². The highest BCUT2D eigenvalue weighted by Gasteiger charge is 2.13. The third-order valence-electron chi connectivity index (χ3n) is 7.87. The minimum absolute atomic E-state index is 0.968. The summed E-state index contributed by atoms with van der Waals surface area (Å²) in [5, 5.41) is 7.16. The molecule has 2 aromatic heterocycles. The van der Waals surface area contributed by atoms with Crippen molar-refractivity contribution in [3.8, 4) is 33.5 Å². The number of pyridine rings is 2. The summed E-state index contributed by atoms with van der Waals surface area (Å²) >= 11 is 0. The van der Waals surface area contributed by atoms with Crippen LogP contribution in [0.4, 0.5) is 0 Å². The van der Waals surface area contributed by atoms with Crippen LogP contribution in [0.25, 0.3) is 76.9 Å². The van der Waals surface area contributed by atoms with E-state index in [-0.39, 0.29) is 0 Å². The number of rotatable bonds is 3. The summed E-state index contributed by atoms with van der Waals surface area (Å²) in [4.78, 5) is 9.91. The second-order valence-electron chi connectivity index (χ2n) is 10.3. The van der Waals surface area contributed by atoms with Crippen LogP contribution in [0, 0.1) is 0 Å². The summed E-state index contributed by atoms with van der Waals surface area (Å²) in [7, 11) is 0. The van der Waals surface area contributed by atoms with Crippen LogP contribution in [0.2, 0.25) is 0 Å². The van der Waals surface area contributed by atoms with Crippen molar-refractivity contribution in [3.05, 3.63) is 146 Å². The predicted octanol–water partition coefficient (Wildman–Crippen LogP) is 10.1. The monoisotopic (exact) mass is 508 g/mol. The molecular formula is C38H24N2. The van der Waals surface area contributed by atoms with E-state index in [0.29, 0.717) is 0 Å². The molecule has 8 aromatic rings. The van der Waals surface area contributed by atoms with Gasteiger partial charge in [-0.05, 0) is 57.1 Å². The van der Waals surface area contributed by atoms with Crippen LogP contribution in [-0.4, -0.2) is 9.97 Å².